The molecule has 24 heavy (non-hydrogen) atoms. The van der Waals surface area contributed by atoms with E-state index in [0.29, 0.717) is 18.2 Å². The first-order valence-electron chi connectivity index (χ1n) is 7.73. The van der Waals surface area contributed by atoms with Gasteiger partial charge < -0.3 is 16.0 Å². The molecule has 0 spiro atoms. The van der Waals surface area contributed by atoms with Gasteiger partial charge in [0.2, 0.25) is 0 Å². The van der Waals surface area contributed by atoms with Crippen LogP contribution in [0, 0.1) is 0 Å². The topological polar surface area (TPSA) is 80.0 Å². The second kappa shape index (κ2) is 7.41. The van der Waals surface area contributed by atoms with E-state index in [9.17, 15) is 0 Å². The normalized spacial score (nSPS) is 10.4. The number of pyridine rings is 1. The Hall–Kier alpha value is -3.15. The molecule has 2 aromatic heterocycles. The summed E-state index contributed by atoms with van der Waals surface area (Å²) in [6.07, 6.45) is 3.26. The second-order valence-corrected chi connectivity index (χ2v) is 5.51. The quantitative estimate of drug-likeness (QED) is 0.727. The summed E-state index contributed by atoms with van der Waals surface area (Å²) in [7, 11) is 2.04. The lowest BCUT2D eigenvalue weighted by Crippen LogP contribution is -2.20. The van der Waals surface area contributed by atoms with Crippen LogP contribution in [0.25, 0.3) is 0 Å². The zero-order chi connectivity index (χ0) is 16.8. The number of rotatable bonds is 6. The Morgan fingerprint density at radius 2 is 1.88 bits per heavy atom. The summed E-state index contributed by atoms with van der Waals surface area (Å²) < 4.78 is 0. The van der Waals surface area contributed by atoms with Gasteiger partial charge in [-0.25, -0.2) is 15.0 Å². The van der Waals surface area contributed by atoms with Gasteiger partial charge in [0, 0.05) is 38.0 Å². The van der Waals surface area contributed by atoms with Gasteiger partial charge in [-0.2, -0.15) is 0 Å². The third kappa shape index (κ3) is 3.98. The van der Waals surface area contributed by atoms with Crippen molar-refractivity contribution in [3.63, 3.8) is 0 Å². The molecule has 0 bridgehead atoms. The fourth-order valence-electron chi connectivity index (χ4n) is 2.50. The smallest absolute Gasteiger partial charge is 0.133 e. The van der Waals surface area contributed by atoms with E-state index in [4.69, 9.17) is 5.73 Å². The lowest BCUT2D eigenvalue weighted by molar-refractivity contribution is 0.881. The summed E-state index contributed by atoms with van der Waals surface area (Å²) in [6.45, 7) is 1.41. The minimum absolute atomic E-state index is 0.445. The minimum Gasteiger partial charge on any atom is -0.384 e. The van der Waals surface area contributed by atoms with Crippen molar-refractivity contribution in [3.05, 3.63) is 72.2 Å². The highest BCUT2D eigenvalue weighted by Crippen LogP contribution is 2.19. The maximum Gasteiger partial charge on any atom is 0.133 e. The van der Waals surface area contributed by atoms with Crippen molar-refractivity contribution < 1.29 is 0 Å². The zero-order valence-corrected chi connectivity index (χ0v) is 13.6. The molecule has 0 radical (unpaired) electrons. The van der Waals surface area contributed by atoms with Gasteiger partial charge in [0.15, 0.2) is 0 Å². The number of hydrogen-bond donors (Lipinski definition) is 2. The van der Waals surface area contributed by atoms with Crippen molar-refractivity contribution >= 4 is 17.5 Å². The molecule has 0 aliphatic rings. The fraction of sp³-hybridized carbons (Fsp3) is 0.167. The zero-order valence-electron chi connectivity index (χ0n) is 13.6. The number of aromatic nitrogens is 3. The summed E-state index contributed by atoms with van der Waals surface area (Å²) in [6, 6.07) is 16.0. The summed E-state index contributed by atoms with van der Waals surface area (Å²) in [5.41, 5.74) is 8.01. The molecule has 1 aromatic carbocycles. The molecule has 0 saturated heterocycles. The molecule has 2 heterocycles. The number of hydrogen-bond acceptors (Lipinski definition) is 6. The lowest BCUT2D eigenvalue weighted by atomic mass is 10.2. The first-order chi connectivity index (χ1) is 11.7. The highest BCUT2D eigenvalue weighted by molar-refractivity contribution is 5.50. The monoisotopic (exact) mass is 320 g/mol. The van der Waals surface area contributed by atoms with Crippen molar-refractivity contribution in [3.8, 4) is 0 Å². The van der Waals surface area contributed by atoms with Gasteiger partial charge in [0.05, 0.1) is 0 Å². The van der Waals surface area contributed by atoms with E-state index in [2.05, 4.69) is 43.4 Å². The average Bonchev–Trinajstić information content (AvgIpc) is 2.61. The van der Waals surface area contributed by atoms with Crippen molar-refractivity contribution in [1.82, 2.24) is 15.0 Å². The van der Waals surface area contributed by atoms with Crippen LogP contribution < -0.4 is 16.0 Å². The Balaban J connectivity index is 1.72. The van der Waals surface area contributed by atoms with Crippen LogP contribution in [-0.4, -0.2) is 22.0 Å². The Kier molecular flexibility index (Phi) is 4.86. The number of anilines is 3. The van der Waals surface area contributed by atoms with Crippen LogP contribution in [0.4, 0.5) is 17.5 Å². The van der Waals surface area contributed by atoms with E-state index in [1.54, 1.807) is 6.07 Å². The van der Waals surface area contributed by atoms with Gasteiger partial charge in [-0.1, -0.05) is 36.4 Å². The SMILES string of the molecule is CN(Cc1ccccc1)c1ncccc1CNc1cc(N)ncn1. The van der Waals surface area contributed by atoms with Crippen molar-refractivity contribution in [2.75, 3.05) is 23.0 Å². The molecule has 0 aliphatic carbocycles. The van der Waals surface area contributed by atoms with Crippen LogP contribution in [0.1, 0.15) is 11.1 Å². The molecule has 122 valence electrons. The Morgan fingerprint density at radius 3 is 2.67 bits per heavy atom. The van der Waals surface area contributed by atoms with Gasteiger partial charge >= 0.3 is 0 Å². The molecular weight excluding hydrogens is 300 g/mol. The third-order valence-corrected chi connectivity index (χ3v) is 3.64. The molecule has 0 saturated carbocycles. The largest absolute Gasteiger partial charge is 0.384 e. The first kappa shape index (κ1) is 15.7. The van der Waals surface area contributed by atoms with E-state index in [0.717, 1.165) is 17.9 Å². The standard InChI is InChI=1S/C18H20N6/c1-24(12-14-6-3-2-4-7-14)18-15(8-5-9-20-18)11-21-17-10-16(19)22-13-23-17/h2-10,13H,11-12H2,1H3,(H3,19,21,22,23). The predicted molar refractivity (Wildman–Crippen MR) is 96.6 cm³/mol. The van der Waals surface area contributed by atoms with E-state index in [-0.39, 0.29) is 0 Å². The molecule has 0 unspecified atom stereocenters. The number of nitrogens with two attached hydrogens (primary N) is 1. The summed E-state index contributed by atoms with van der Waals surface area (Å²) in [5.74, 6) is 2.08. The predicted octanol–water partition coefficient (Wildman–Crippen LogP) is 2.70. The molecule has 0 atom stereocenters. The minimum atomic E-state index is 0.445. The van der Waals surface area contributed by atoms with E-state index < -0.39 is 0 Å². The Morgan fingerprint density at radius 1 is 1.04 bits per heavy atom. The highest BCUT2D eigenvalue weighted by Gasteiger charge is 2.09. The Labute approximate surface area is 141 Å². The van der Waals surface area contributed by atoms with Gasteiger partial charge in [0.25, 0.3) is 0 Å². The van der Waals surface area contributed by atoms with Gasteiger partial charge in [-0.3, -0.25) is 0 Å². The number of nitrogen functional groups attached to an aromatic ring is 1. The van der Waals surface area contributed by atoms with Crippen LogP contribution in [0.5, 0.6) is 0 Å². The molecule has 6 heteroatoms. The lowest BCUT2D eigenvalue weighted by Gasteiger charge is -2.21. The highest BCUT2D eigenvalue weighted by atomic mass is 15.2. The molecule has 0 fully saturated rings. The van der Waals surface area contributed by atoms with Crippen molar-refractivity contribution in [2.45, 2.75) is 13.1 Å². The molecule has 3 aromatic rings. The first-order valence-corrected chi connectivity index (χ1v) is 7.73. The Bertz CT molecular complexity index is 790. The van der Waals surface area contributed by atoms with Crippen molar-refractivity contribution in [2.24, 2.45) is 0 Å². The summed E-state index contributed by atoms with van der Waals surface area (Å²) >= 11 is 0. The number of benzene rings is 1. The molecule has 0 aliphatic heterocycles. The molecular formula is C18H20N6. The molecule has 0 amide bonds. The second-order valence-electron chi connectivity index (χ2n) is 5.51. The van der Waals surface area contributed by atoms with Gasteiger partial charge in [-0.05, 0) is 11.6 Å². The van der Waals surface area contributed by atoms with Gasteiger partial charge in [-0.15, -0.1) is 0 Å². The summed E-state index contributed by atoms with van der Waals surface area (Å²) in [4.78, 5) is 14.7. The van der Waals surface area contributed by atoms with E-state index in [1.807, 2.05) is 37.5 Å². The maximum absolute atomic E-state index is 5.68. The number of nitrogens with one attached hydrogen (secondary N) is 1. The molecule has 6 nitrogen and oxygen atoms in total. The third-order valence-electron chi connectivity index (χ3n) is 3.64. The van der Waals surface area contributed by atoms with Crippen LogP contribution in [0.2, 0.25) is 0 Å². The number of nitrogens with zero attached hydrogens (tertiary/aromatic N) is 4. The fourth-order valence-corrected chi connectivity index (χ4v) is 2.50. The van der Waals surface area contributed by atoms with Crippen LogP contribution >= 0.6 is 0 Å². The van der Waals surface area contributed by atoms with E-state index in [1.165, 1.54) is 11.9 Å². The molecule has 3 rings (SSSR count). The average molecular weight is 320 g/mol. The van der Waals surface area contributed by atoms with Crippen LogP contribution in [0.3, 0.4) is 0 Å². The van der Waals surface area contributed by atoms with Crippen molar-refractivity contribution in [1.29, 1.82) is 0 Å². The van der Waals surface area contributed by atoms with Crippen LogP contribution in [-0.2, 0) is 13.1 Å². The maximum atomic E-state index is 5.68. The summed E-state index contributed by atoms with van der Waals surface area (Å²) in [5, 5.41) is 3.26. The van der Waals surface area contributed by atoms with E-state index >= 15 is 0 Å². The van der Waals surface area contributed by atoms with Crippen LogP contribution in [0.15, 0.2) is 61.1 Å². The molecule has 3 N–H and O–H groups in total. The van der Waals surface area contributed by atoms with Gasteiger partial charge in [0.1, 0.15) is 23.8 Å².